The summed E-state index contributed by atoms with van der Waals surface area (Å²) in [7, 11) is 1.80. The van der Waals surface area contributed by atoms with E-state index in [4.69, 9.17) is 23.2 Å². The molecule has 5 N–H and O–H groups in total. The molecule has 0 saturated heterocycles. The Balaban J connectivity index is 1.80. The van der Waals surface area contributed by atoms with E-state index in [9.17, 15) is 23.5 Å². The van der Waals surface area contributed by atoms with Gasteiger partial charge in [0.05, 0.1) is 39.5 Å². The molecule has 2 aromatic carbocycles. The number of halogens is 5. The number of nitriles is 1. The third kappa shape index (κ3) is 6.76. The molecule has 41 heavy (non-hydrogen) atoms. The number of β-amino-alcohol motifs (C(OH)–C–C–N with tert-alkyl or cyclic N) is 1. The highest BCUT2D eigenvalue weighted by Crippen LogP contribution is 2.39. The highest BCUT2D eigenvalue weighted by atomic mass is 35.5. The van der Waals surface area contributed by atoms with Gasteiger partial charge in [-0.25, -0.2) is 0 Å². The van der Waals surface area contributed by atoms with Gasteiger partial charge >= 0.3 is 6.18 Å². The topological polar surface area (TPSA) is 108 Å². The predicted molar refractivity (Wildman–Crippen MR) is 158 cm³/mol. The second-order valence-corrected chi connectivity index (χ2v) is 12.0. The molecular formula is C27H29BCl2F3N7O. The molecule has 0 fully saturated rings. The van der Waals surface area contributed by atoms with Crippen LogP contribution in [0.25, 0.3) is 10.9 Å². The summed E-state index contributed by atoms with van der Waals surface area (Å²) in [4.78, 5) is 4.40. The van der Waals surface area contributed by atoms with Crippen molar-refractivity contribution in [2.24, 2.45) is 5.41 Å². The van der Waals surface area contributed by atoms with Gasteiger partial charge in [0.25, 0.3) is 0 Å². The Morgan fingerprint density at radius 3 is 2.51 bits per heavy atom. The second kappa shape index (κ2) is 11.5. The lowest BCUT2D eigenvalue weighted by Gasteiger charge is -2.34. The Kier molecular flexibility index (Phi) is 8.57. The fourth-order valence-electron chi connectivity index (χ4n) is 4.39. The number of aliphatic hydroxyl groups excluding tert-OH is 1. The molecule has 4 rings (SSSR count). The molecule has 2 unspecified atom stereocenters. The van der Waals surface area contributed by atoms with Crippen molar-refractivity contribution in [2.75, 3.05) is 23.7 Å². The molecular weight excluding hydrogens is 577 g/mol. The highest BCUT2D eigenvalue weighted by molar-refractivity contribution is 6.36. The van der Waals surface area contributed by atoms with Gasteiger partial charge in [-0.2, -0.15) is 18.4 Å². The summed E-state index contributed by atoms with van der Waals surface area (Å²) in [5, 5.41) is 28.6. The number of hydrogen-bond acceptors (Lipinski definition) is 8. The van der Waals surface area contributed by atoms with E-state index in [-0.39, 0.29) is 5.41 Å². The van der Waals surface area contributed by atoms with Crippen molar-refractivity contribution in [1.29, 1.82) is 5.26 Å². The minimum atomic E-state index is -4.78. The lowest BCUT2D eigenvalue weighted by molar-refractivity contribution is -0.208. The number of nitrogens with one attached hydrogen (secondary N) is 4. The summed E-state index contributed by atoms with van der Waals surface area (Å²) >= 11 is 13.3. The normalized spacial score (nSPS) is 16.0. The molecule has 0 aliphatic carbocycles. The number of benzene rings is 2. The summed E-state index contributed by atoms with van der Waals surface area (Å²) in [5.41, 5.74) is 7.37. The molecule has 0 amide bonds. The van der Waals surface area contributed by atoms with Crippen LogP contribution in [0.3, 0.4) is 0 Å². The van der Waals surface area contributed by atoms with E-state index in [1.165, 1.54) is 12.4 Å². The van der Waals surface area contributed by atoms with Crippen molar-refractivity contribution in [3.8, 4) is 6.07 Å². The van der Waals surface area contributed by atoms with Gasteiger partial charge in [0.1, 0.15) is 13.9 Å². The molecule has 216 valence electrons. The van der Waals surface area contributed by atoms with Crippen LogP contribution in [0.4, 0.5) is 24.5 Å². The van der Waals surface area contributed by atoms with E-state index in [2.05, 4.69) is 53.4 Å². The number of nitrogens with zero attached hydrogens (tertiary/aromatic N) is 3. The first kappa shape index (κ1) is 30.6. The largest absolute Gasteiger partial charge is 0.416 e. The minimum Gasteiger partial charge on any atom is -0.383 e. The lowest BCUT2D eigenvalue weighted by Crippen LogP contribution is -2.47. The fourth-order valence-corrected chi connectivity index (χ4v) is 4.98. The Bertz CT molecular complexity index is 1520. The quantitative estimate of drug-likeness (QED) is 0.232. The van der Waals surface area contributed by atoms with E-state index in [0.29, 0.717) is 55.7 Å². The van der Waals surface area contributed by atoms with Crippen LogP contribution in [0.1, 0.15) is 31.9 Å². The third-order valence-electron chi connectivity index (χ3n) is 6.55. The van der Waals surface area contributed by atoms with E-state index in [1.807, 2.05) is 6.07 Å². The molecule has 0 bridgehead atoms. The zero-order chi connectivity index (χ0) is 30.2. The first-order valence-electron chi connectivity index (χ1n) is 12.7. The Morgan fingerprint density at radius 1 is 1.17 bits per heavy atom. The van der Waals surface area contributed by atoms with Crippen molar-refractivity contribution in [1.82, 2.24) is 21.0 Å². The van der Waals surface area contributed by atoms with Gasteiger partial charge in [0.2, 0.25) is 0 Å². The van der Waals surface area contributed by atoms with Crippen LogP contribution in [0.5, 0.6) is 0 Å². The van der Waals surface area contributed by atoms with Crippen LogP contribution < -0.4 is 21.6 Å². The van der Waals surface area contributed by atoms with Gasteiger partial charge in [0, 0.05) is 35.0 Å². The number of hydrogen-bond donors (Lipinski definition) is 5. The molecule has 8 nitrogen and oxygen atoms in total. The molecule has 0 saturated carbocycles. The summed E-state index contributed by atoms with van der Waals surface area (Å²) in [6, 6.07) is 12.7. The number of rotatable bonds is 8. The van der Waals surface area contributed by atoms with Crippen LogP contribution in [0, 0.1) is 16.7 Å². The highest BCUT2D eigenvalue weighted by Gasteiger charge is 2.41. The lowest BCUT2D eigenvalue weighted by atomic mass is 9.69. The maximum absolute atomic E-state index is 13.0. The zero-order valence-corrected chi connectivity index (χ0v) is 24.3. The maximum atomic E-state index is 13.0. The summed E-state index contributed by atoms with van der Waals surface area (Å²) in [6.45, 7) is 6.04. The maximum Gasteiger partial charge on any atom is 0.416 e. The van der Waals surface area contributed by atoms with E-state index in [1.54, 1.807) is 38.2 Å². The van der Waals surface area contributed by atoms with Gasteiger partial charge in [-0.15, -0.1) is 5.53 Å². The number of pyridine rings is 1. The molecule has 1 aliphatic heterocycles. The van der Waals surface area contributed by atoms with Crippen molar-refractivity contribution in [3.05, 3.63) is 75.7 Å². The first-order chi connectivity index (χ1) is 19.1. The minimum absolute atomic E-state index is 0.0796. The molecule has 1 aliphatic rings. The molecule has 3 aromatic rings. The summed E-state index contributed by atoms with van der Waals surface area (Å²) in [5.74, 6) is 0. The molecule has 2 atom stereocenters. The second-order valence-electron chi connectivity index (χ2n) is 11.1. The van der Waals surface area contributed by atoms with Gasteiger partial charge < -0.3 is 21.2 Å². The van der Waals surface area contributed by atoms with Crippen molar-refractivity contribution < 1.29 is 18.3 Å². The van der Waals surface area contributed by atoms with Crippen molar-refractivity contribution in [3.63, 3.8) is 0 Å². The van der Waals surface area contributed by atoms with E-state index in [0.717, 1.165) is 5.01 Å². The number of hydrazine groups is 2. The number of anilines is 2. The molecule has 2 heterocycles. The van der Waals surface area contributed by atoms with Crippen LogP contribution in [-0.2, 0) is 5.44 Å². The molecule has 14 heteroatoms. The van der Waals surface area contributed by atoms with E-state index < -0.39 is 24.3 Å². The van der Waals surface area contributed by atoms with E-state index >= 15 is 0 Å². The SMILES string of the molecule is BC(Nc1cc(Cl)c2ncc(C#N)c(NCC(C)(C)C)c2c1)(C1=CN(CC(O)C(F)(F)F)NN1)c1ccccc1Cl. The third-order valence-corrected chi connectivity index (χ3v) is 7.17. The fraction of sp³-hybridized carbons (Fsp3) is 0.333. The summed E-state index contributed by atoms with van der Waals surface area (Å²) in [6.07, 6.45) is -4.44. The van der Waals surface area contributed by atoms with Crippen LogP contribution in [-0.4, -0.2) is 48.3 Å². The number of alkyl halides is 3. The van der Waals surface area contributed by atoms with Crippen LogP contribution in [0.15, 0.2) is 54.5 Å². The molecule has 0 radical (unpaired) electrons. The Hall–Kier alpha value is -3.37. The van der Waals surface area contributed by atoms with Crippen molar-refractivity contribution >= 4 is 53.3 Å². The Morgan fingerprint density at radius 2 is 1.88 bits per heavy atom. The average molecular weight is 606 g/mol. The van der Waals surface area contributed by atoms with Crippen molar-refractivity contribution in [2.45, 2.75) is 38.5 Å². The smallest absolute Gasteiger partial charge is 0.383 e. The van der Waals surface area contributed by atoms with Gasteiger partial charge in [-0.05, 0) is 29.2 Å². The van der Waals surface area contributed by atoms with Crippen LogP contribution in [0.2, 0.25) is 10.0 Å². The Labute approximate surface area is 246 Å². The predicted octanol–water partition coefficient (Wildman–Crippen LogP) is 4.86. The monoisotopic (exact) mass is 605 g/mol. The standard InChI is InChI=1S/C27H29BCl2F3N7O/c1-25(2,3)14-36-23-15(10-34)11-35-24-17(23)8-16(9-20(24)30)37-26(28,18-6-4-5-7-19(18)29)21-12-40(39-38-21)13-22(41)27(31,32)33/h4-9,11-12,22,37-39,41H,13-14,28H2,1-3H3,(H,35,36). The van der Waals surface area contributed by atoms with Gasteiger partial charge in [-0.3, -0.25) is 9.99 Å². The van der Waals surface area contributed by atoms with Gasteiger partial charge in [-0.1, -0.05) is 62.2 Å². The molecule has 0 spiro atoms. The summed E-state index contributed by atoms with van der Waals surface area (Å²) < 4.78 is 39.0. The number of fused-ring (bicyclic) bond motifs is 1. The first-order valence-corrected chi connectivity index (χ1v) is 13.4. The molecule has 1 aromatic heterocycles. The van der Waals surface area contributed by atoms with Gasteiger partial charge in [0.15, 0.2) is 6.10 Å². The number of aliphatic hydroxyl groups is 1. The van der Waals surface area contributed by atoms with Crippen LogP contribution >= 0.6 is 23.2 Å². The number of aromatic nitrogens is 1. The zero-order valence-electron chi connectivity index (χ0n) is 22.8. The average Bonchev–Trinajstić information content (AvgIpc) is 3.35.